The van der Waals surface area contributed by atoms with Gasteiger partial charge in [-0.05, 0) is 13.8 Å². The highest BCUT2D eigenvalue weighted by Gasteiger charge is 2.15. The van der Waals surface area contributed by atoms with E-state index in [4.69, 9.17) is 4.74 Å². The Hall–Kier alpha value is -1.85. The Balaban J connectivity index is 3.92. The summed E-state index contributed by atoms with van der Waals surface area (Å²) < 4.78 is 13.7. The zero-order valence-electron chi connectivity index (χ0n) is 10.1. The first-order valence-corrected chi connectivity index (χ1v) is 4.98. The first kappa shape index (κ1) is 15.2. The van der Waals surface area contributed by atoms with Gasteiger partial charge in [0.15, 0.2) is 6.61 Å². The van der Waals surface area contributed by atoms with Crippen molar-refractivity contribution in [2.75, 3.05) is 13.7 Å². The molecule has 96 valence electrons. The molecule has 0 radical (unpaired) electrons. The molecular formula is C11H16O6. The summed E-state index contributed by atoms with van der Waals surface area (Å²) in [6.45, 7) is 6.23. The number of carbonyl (C=O) groups excluding carboxylic acids is 3. The zero-order valence-corrected chi connectivity index (χ0v) is 10.1. The van der Waals surface area contributed by atoms with Crippen LogP contribution in [0, 0.1) is 0 Å². The number of esters is 3. The Kier molecular flexibility index (Phi) is 6.62. The van der Waals surface area contributed by atoms with Crippen molar-refractivity contribution in [2.45, 2.75) is 26.4 Å². The first-order valence-electron chi connectivity index (χ1n) is 4.98. The largest absolute Gasteiger partial charge is 0.466 e. The van der Waals surface area contributed by atoms with Crippen LogP contribution in [0.3, 0.4) is 0 Å². The maximum absolute atomic E-state index is 11.2. The van der Waals surface area contributed by atoms with Crippen molar-refractivity contribution >= 4 is 17.9 Å². The summed E-state index contributed by atoms with van der Waals surface area (Å²) >= 11 is 0. The Morgan fingerprint density at radius 3 is 2.24 bits per heavy atom. The van der Waals surface area contributed by atoms with Gasteiger partial charge in [0.25, 0.3) is 0 Å². The van der Waals surface area contributed by atoms with Crippen molar-refractivity contribution in [3.8, 4) is 0 Å². The fourth-order valence-corrected chi connectivity index (χ4v) is 0.878. The van der Waals surface area contributed by atoms with Crippen molar-refractivity contribution < 1.29 is 28.6 Å². The Morgan fingerprint density at radius 1 is 1.18 bits per heavy atom. The van der Waals surface area contributed by atoms with Crippen molar-refractivity contribution in [3.63, 3.8) is 0 Å². The van der Waals surface area contributed by atoms with Crippen molar-refractivity contribution in [2.24, 2.45) is 0 Å². The summed E-state index contributed by atoms with van der Waals surface area (Å²) in [5.74, 6) is -2.06. The number of methoxy groups -OCH3 is 1. The third-order valence-corrected chi connectivity index (χ3v) is 1.55. The van der Waals surface area contributed by atoms with E-state index < -0.39 is 24.5 Å². The number of ether oxygens (including phenoxy) is 3. The van der Waals surface area contributed by atoms with Crippen molar-refractivity contribution in [3.05, 3.63) is 12.2 Å². The maximum atomic E-state index is 11.2. The zero-order chi connectivity index (χ0) is 13.4. The van der Waals surface area contributed by atoms with Crippen LogP contribution >= 0.6 is 0 Å². The van der Waals surface area contributed by atoms with Crippen LogP contribution in [-0.4, -0.2) is 37.7 Å². The van der Waals surface area contributed by atoms with Gasteiger partial charge in [-0.1, -0.05) is 6.58 Å². The molecule has 0 N–H and O–H groups in total. The minimum absolute atomic E-state index is 0.0327. The van der Waals surface area contributed by atoms with Crippen LogP contribution in [0.1, 0.15) is 20.3 Å². The van der Waals surface area contributed by atoms with Crippen LogP contribution in [0.2, 0.25) is 0 Å². The summed E-state index contributed by atoms with van der Waals surface area (Å²) in [6, 6.07) is 0. The average molecular weight is 244 g/mol. The van der Waals surface area contributed by atoms with Gasteiger partial charge in [0.05, 0.1) is 19.6 Å². The van der Waals surface area contributed by atoms with E-state index in [1.165, 1.54) is 7.11 Å². The second-order valence-electron chi connectivity index (χ2n) is 3.47. The molecule has 17 heavy (non-hydrogen) atoms. The van der Waals surface area contributed by atoms with E-state index in [-0.39, 0.29) is 18.1 Å². The van der Waals surface area contributed by atoms with Gasteiger partial charge in [0, 0.05) is 5.57 Å². The van der Waals surface area contributed by atoms with Crippen LogP contribution in [-0.2, 0) is 28.6 Å². The van der Waals surface area contributed by atoms with Crippen LogP contribution in [0.15, 0.2) is 12.2 Å². The second-order valence-corrected chi connectivity index (χ2v) is 3.47. The van der Waals surface area contributed by atoms with Gasteiger partial charge in [0.1, 0.15) is 0 Å². The molecule has 0 aromatic carbocycles. The van der Waals surface area contributed by atoms with Gasteiger partial charge in [-0.3, -0.25) is 4.79 Å². The van der Waals surface area contributed by atoms with Crippen LogP contribution in [0.25, 0.3) is 0 Å². The van der Waals surface area contributed by atoms with E-state index in [0.29, 0.717) is 0 Å². The van der Waals surface area contributed by atoms with E-state index in [2.05, 4.69) is 16.1 Å². The van der Waals surface area contributed by atoms with E-state index in [1.54, 1.807) is 13.8 Å². The monoisotopic (exact) mass is 244 g/mol. The third kappa shape index (κ3) is 7.10. The molecule has 6 heteroatoms. The normalized spacial score (nSPS) is 9.65. The molecule has 0 unspecified atom stereocenters. The van der Waals surface area contributed by atoms with Crippen LogP contribution in [0.5, 0.6) is 0 Å². The lowest BCUT2D eigenvalue weighted by molar-refractivity contribution is -0.161. The molecule has 0 rings (SSSR count). The molecule has 0 aromatic rings. The molecule has 0 heterocycles. The number of hydrogen-bond acceptors (Lipinski definition) is 6. The Morgan fingerprint density at radius 2 is 1.76 bits per heavy atom. The summed E-state index contributed by atoms with van der Waals surface area (Å²) in [6.07, 6.45) is -0.590. The molecular weight excluding hydrogens is 228 g/mol. The summed E-state index contributed by atoms with van der Waals surface area (Å²) in [4.78, 5) is 33.1. The van der Waals surface area contributed by atoms with Gasteiger partial charge in [0.2, 0.25) is 0 Å². The predicted octanol–water partition coefficient (Wildman–Crippen LogP) is 0.600. The molecule has 0 bridgehead atoms. The van der Waals surface area contributed by atoms with Crippen LogP contribution < -0.4 is 0 Å². The Labute approximate surface area is 99.5 Å². The molecule has 0 saturated heterocycles. The first-order chi connectivity index (χ1) is 7.86. The van der Waals surface area contributed by atoms with E-state index in [9.17, 15) is 14.4 Å². The topological polar surface area (TPSA) is 78.9 Å². The van der Waals surface area contributed by atoms with Crippen molar-refractivity contribution in [1.29, 1.82) is 0 Å². The van der Waals surface area contributed by atoms with E-state index >= 15 is 0 Å². The molecule has 6 nitrogen and oxygen atoms in total. The molecule has 0 spiro atoms. The SMILES string of the molecule is C=C(CC(=O)OCC(=O)OC(C)C)C(=O)OC. The number of carbonyl (C=O) groups is 3. The fraction of sp³-hybridized carbons (Fsp3) is 0.545. The molecule has 0 atom stereocenters. The average Bonchev–Trinajstić information content (AvgIpc) is 2.24. The van der Waals surface area contributed by atoms with Crippen molar-refractivity contribution in [1.82, 2.24) is 0 Å². The standard InChI is InChI=1S/C11H16O6/c1-7(2)17-10(13)6-16-9(12)5-8(3)11(14)15-4/h7H,3,5-6H2,1-2,4H3. The predicted molar refractivity (Wildman–Crippen MR) is 58.0 cm³/mol. The molecule has 0 aliphatic rings. The van der Waals surface area contributed by atoms with Crippen LogP contribution in [0.4, 0.5) is 0 Å². The van der Waals surface area contributed by atoms with Gasteiger partial charge in [-0.2, -0.15) is 0 Å². The third-order valence-electron chi connectivity index (χ3n) is 1.55. The minimum atomic E-state index is -0.735. The summed E-state index contributed by atoms with van der Waals surface area (Å²) in [7, 11) is 1.18. The highest BCUT2D eigenvalue weighted by molar-refractivity contribution is 5.93. The van der Waals surface area contributed by atoms with E-state index in [1.807, 2.05) is 0 Å². The molecule has 0 aliphatic carbocycles. The second kappa shape index (κ2) is 7.43. The smallest absolute Gasteiger partial charge is 0.344 e. The fourth-order valence-electron chi connectivity index (χ4n) is 0.878. The molecule has 0 amide bonds. The molecule has 0 fully saturated rings. The summed E-state index contributed by atoms with van der Waals surface area (Å²) in [5, 5.41) is 0. The van der Waals surface area contributed by atoms with Gasteiger partial charge >= 0.3 is 17.9 Å². The molecule has 0 aromatic heterocycles. The molecule has 0 saturated carbocycles. The highest BCUT2D eigenvalue weighted by atomic mass is 16.6. The van der Waals surface area contributed by atoms with E-state index in [0.717, 1.165) is 0 Å². The highest BCUT2D eigenvalue weighted by Crippen LogP contribution is 2.02. The quantitative estimate of drug-likeness (QED) is 0.387. The minimum Gasteiger partial charge on any atom is -0.466 e. The lowest BCUT2D eigenvalue weighted by Crippen LogP contribution is -2.20. The van der Waals surface area contributed by atoms with Gasteiger partial charge < -0.3 is 14.2 Å². The summed E-state index contributed by atoms with van der Waals surface area (Å²) in [5.41, 5.74) is -0.0327. The van der Waals surface area contributed by atoms with Gasteiger partial charge in [-0.15, -0.1) is 0 Å². The maximum Gasteiger partial charge on any atom is 0.344 e. The number of rotatable bonds is 6. The Bertz CT molecular complexity index is 318. The number of hydrogen-bond donors (Lipinski definition) is 0. The lowest BCUT2D eigenvalue weighted by atomic mass is 10.2. The lowest BCUT2D eigenvalue weighted by Gasteiger charge is -2.08. The molecule has 0 aliphatic heterocycles. The van der Waals surface area contributed by atoms with Gasteiger partial charge in [-0.25, -0.2) is 9.59 Å².